The molecule has 0 saturated carbocycles. The highest BCUT2D eigenvalue weighted by atomic mass is 35.5. The van der Waals surface area contributed by atoms with Crippen LogP contribution in [0.25, 0.3) is 0 Å². The second-order valence-corrected chi connectivity index (χ2v) is 4.59. The summed E-state index contributed by atoms with van der Waals surface area (Å²) in [5, 5.41) is 3.09. The lowest BCUT2D eigenvalue weighted by Crippen LogP contribution is -2.15. The number of benzene rings is 1. The third kappa shape index (κ3) is 4.26. The minimum Gasteiger partial charge on any atom is -0.313 e. The highest BCUT2D eigenvalue weighted by molar-refractivity contribution is 6.31. The van der Waals surface area contributed by atoms with E-state index in [1.807, 2.05) is 0 Å². The van der Waals surface area contributed by atoms with Crippen LogP contribution in [-0.4, -0.2) is 17.2 Å². The van der Waals surface area contributed by atoms with Crippen molar-refractivity contribution in [2.24, 2.45) is 5.16 Å². The van der Waals surface area contributed by atoms with Crippen LogP contribution >= 0.6 is 11.6 Å². The molecular formula is C14H7ClF4N2O2. The van der Waals surface area contributed by atoms with Gasteiger partial charge in [-0.1, -0.05) is 22.8 Å². The van der Waals surface area contributed by atoms with Gasteiger partial charge in [0.1, 0.15) is 5.82 Å². The molecule has 4 nitrogen and oxygen atoms in total. The number of rotatable bonds is 3. The van der Waals surface area contributed by atoms with Crippen LogP contribution in [0.3, 0.4) is 0 Å². The standard InChI is InChI=1S/C14H7ClF4N2O2/c15-10-6-8(3-4-11(10)16)7-21-23-13(22)9-2-1-5-20-12(9)14(17,18)19/h1-7H/b21-7+. The monoisotopic (exact) mass is 346 g/mol. The van der Waals surface area contributed by atoms with Crippen molar-refractivity contribution in [3.63, 3.8) is 0 Å². The summed E-state index contributed by atoms with van der Waals surface area (Å²) in [5.74, 6) is -1.97. The molecular weight excluding hydrogens is 340 g/mol. The van der Waals surface area contributed by atoms with Crippen LogP contribution in [0.2, 0.25) is 5.02 Å². The molecule has 0 amide bonds. The van der Waals surface area contributed by atoms with E-state index in [0.717, 1.165) is 30.6 Å². The average Bonchev–Trinajstić information content (AvgIpc) is 2.50. The Morgan fingerprint density at radius 3 is 2.70 bits per heavy atom. The van der Waals surface area contributed by atoms with Crippen LogP contribution in [0.4, 0.5) is 17.6 Å². The van der Waals surface area contributed by atoms with Gasteiger partial charge in [-0.15, -0.1) is 0 Å². The minimum absolute atomic E-state index is 0.174. The lowest BCUT2D eigenvalue weighted by atomic mass is 10.2. The number of hydrogen-bond donors (Lipinski definition) is 0. The van der Waals surface area contributed by atoms with Gasteiger partial charge in [0.2, 0.25) is 0 Å². The predicted octanol–water partition coefficient (Wildman–Crippen LogP) is 4.08. The maximum Gasteiger partial charge on any atom is 0.434 e. The largest absolute Gasteiger partial charge is 0.434 e. The van der Waals surface area contributed by atoms with E-state index in [2.05, 4.69) is 15.0 Å². The Labute approximate surface area is 132 Å². The summed E-state index contributed by atoms with van der Waals surface area (Å²) in [7, 11) is 0. The van der Waals surface area contributed by atoms with Crippen molar-refractivity contribution in [2.45, 2.75) is 6.18 Å². The maximum atomic E-state index is 13.0. The van der Waals surface area contributed by atoms with Crippen LogP contribution in [0.15, 0.2) is 41.7 Å². The van der Waals surface area contributed by atoms with Crippen LogP contribution in [-0.2, 0) is 11.0 Å². The molecule has 0 spiro atoms. The zero-order valence-corrected chi connectivity index (χ0v) is 11.9. The highest BCUT2D eigenvalue weighted by Crippen LogP contribution is 2.30. The molecule has 2 rings (SSSR count). The molecule has 0 fully saturated rings. The van der Waals surface area contributed by atoms with Gasteiger partial charge < -0.3 is 4.84 Å². The van der Waals surface area contributed by atoms with E-state index >= 15 is 0 Å². The van der Waals surface area contributed by atoms with E-state index in [-0.39, 0.29) is 5.02 Å². The predicted molar refractivity (Wildman–Crippen MR) is 73.7 cm³/mol. The third-order valence-corrected chi connectivity index (χ3v) is 2.87. The third-order valence-electron chi connectivity index (χ3n) is 2.58. The van der Waals surface area contributed by atoms with Gasteiger partial charge in [-0.2, -0.15) is 13.2 Å². The summed E-state index contributed by atoms with van der Waals surface area (Å²) >= 11 is 5.54. The number of oxime groups is 1. The van der Waals surface area contributed by atoms with E-state index in [9.17, 15) is 22.4 Å². The molecule has 0 N–H and O–H groups in total. The van der Waals surface area contributed by atoms with Crippen molar-refractivity contribution in [3.8, 4) is 0 Å². The Bertz CT molecular complexity index is 763. The van der Waals surface area contributed by atoms with Gasteiger partial charge in [0.15, 0.2) is 5.69 Å². The first-order chi connectivity index (χ1) is 10.8. The second-order valence-electron chi connectivity index (χ2n) is 4.18. The molecule has 0 aliphatic heterocycles. The molecule has 0 saturated heterocycles. The number of pyridine rings is 1. The van der Waals surface area contributed by atoms with Crippen LogP contribution in [0, 0.1) is 5.82 Å². The van der Waals surface area contributed by atoms with Gasteiger partial charge in [-0.05, 0) is 29.8 Å². The zero-order valence-electron chi connectivity index (χ0n) is 11.1. The van der Waals surface area contributed by atoms with Gasteiger partial charge in [-0.3, -0.25) is 4.98 Å². The molecule has 0 radical (unpaired) electrons. The molecule has 0 atom stereocenters. The topological polar surface area (TPSA) is 51.5 Å². The quantitative estimate of drug-likeness (QED) is 0.364. The van der Waals surface area contributed by atoms with Crippen molar-refractivity contribution in [1.29, 1.82) is 0 Å². The Kier molecular flexibility index (Phi) is 4.95. The normalized spacial score (nSPS) is 11.7. The SMILES string of the molecule is O=C(O/N=C/c1ccc(F)c(Cl)c1)c1cccnc1C(F)(F)F. The molecule has 9 heteroatoms. The number of halogens is 5. The summed E-state index contributed by atoms with van der Waals surface area (Å²) in [4.78, 5) is 19.2. The van der Waals surface area contributed by atoms with Crippen LogP contribution in [0.1, 0.15) is 21.6 Å². The number of carbonyl (C=O) groups is 1. The number of hydrogen-bond acceptors (Lipinski definition) is 4. The molecule has 0 unspecified atom stereocenters. The smallest absolute Gasteiger partial charge is 0.313 e. The molecule has 0 aliphatic carbocycles. The Hall–Kier alpha value is -2.48. The lowest BCUT2D eigenvalue weighted by Gasteiger charge is -2.08. The first kappa shape index (κ1) is 16.9. The fraction of sp³-hybridized carbons (Fsp3) is 0.0714. The van der Waals surface area contributed by atoms with Crippen LogP contribution < -0.4 is 0 Å². The van der Waals surface area contributed by atoms with E-state index in [1.54, 1.807) is 0 Å². The molecule has 1 aromatic carbocycles. The number of aromatic nitrogens is 1. The molecule has 23 heavy (non-hydrogen) atoms. The fourth-order valence-electron chi connectivity index (χ4n) is 1.57. The first-order valence-corrected chi connectivity index (χ1v) is 6.39. The summed E-state index contributed by atoms with van der Waals surface area (Å²) in [6, 6.07) is 5.65. The second kappa shape index (κ2) is 6.74. The molecule has 0 aliphatic rings. The Morgan fingerprint density at radius 2 is 2.04 bits per heavy atom. The Balaban J connectivity index is 2.14. The van der Waals surface area contributed by atoms with Gasteiger partial charge in [0.05, 0.1) is 16.8 Å². The first-order valence-electron chi connectivity index (χ1n) is 6.01. The van der Waals surface area contributed by atoms with Gasteiger partial charge in [0, 0.05) is 6.20 Å². The molecule has 120 valence electrons. The summed E-state index contributed by atoms with van der Waals surface area (Å²) < 4.78 is 51.1. The van der Waals surface area contributed by atoms with Gasteiger partial charge >= 0.3 is 12.1 Å². The van der Waals surface area contributed by atoms with Crippen LogP contribution in [0.5, 0.6) is 0 Å². The Morgan fingerprint density at radius 1 is 1.30 bits per heavy atom. The summed E-state index contributed by atoms with van der Waals surface area (Å²) in [6.45, 7) is 0. The summed E-state index contributed by atoms with van der Waals surface area (Å²) in [6.07, 6.45) is -2.89. The maximum absolute atomic E-state index is 13.0. The average molecular weight is 347 g/mol. The van der Waals surface area contributed by atoms with E-state index in [0.29, 0.717) is 5.56 Å². The van der Waals surface area contributed by atoms with Crippen molar-refractivity contribution in [2.75, 3.05) is 0 Å². The molecule has 1 aromatic heterocycles. The van der Waals surface area contributed by atoms with E-state index < -0.39 is 29.2 Å². The van der Waals surface area contributed by atoms with Crippen molar-refractivity contribution in [1.82, 2.24) is 4.98 Å². The fourth-order valence-corrected chi connectivity index (χ4v) is 1.76. The van der Waals surface area contributed by atoms with E-state index in [1.165, 1.54) is 12.1 Å². The van der Waals surface area contributed by atoms with Gasteiger partial charge in [-0.25, -0.2) is 9.18 Å². The van der Waals surface area contributed by atoms with Crippen molar-refractivity contribution in [3.05, 3.63) is 64.2 Å². The van der Waals surface area contributed by atoms with E-state index in [4.69, 9.17) is 11.6 Å². The minimum atomic E-state index is -4.80. The molecule has 2 aromatic rings. The number of alkyl halides is 3. The molecule has 1 heterocycles. The highest BCUT2D eigenvalue weighted by Gasteiger charge is 2.37. The number of nitrogens with zero attached hydrogens (tertiary/aromatic N) is 2. The summed E-state index contributed by atoms with van der Waals surface area (Å²) in [5.41, 5.74) is -1.84. The van der Waals surface area contributed by atoms with Gasteiger partial charge in [0.25, 0.3) is 0 Å². The number of carbonyl (C=O) groups excluding carboxylic acids is 1. The van der Waals surface area contributed by atoms with Crippen molar-refractivity contribution < 1.29 is 27.2 Å². The molecule has 0 bridgehead atoms. The van der Waals surface area contributed by atoms with Crippen molar-refractivity contribution >= 4 is 23.8 Å². The lowest BCUT2D eigenvalue weighted by molar-refractivity contribution is -0.141. The zero-order chi connectivity index (χ0) is 17.0.